The average molecular weight is 733 g/mol. The molecule has 0 aliphatic carbocycles. The van der Waals surface area contributed by atoms with Gasteiger partial charge in [0.1, 0.15) is 22.7 Å². The zero-order valence-corrected chi connectivity index (χ0v) is 34.7. The van der Waals surface area contributed by atoms with E-state index in [9.17, 15) is 0 Å². The van der Waals surface area contributed by atoms with Crippen molar-refractivity contribution < 1.29 is 4.74 Å². The van der Waals surface area contributed by atoms with Crippen LogP contribution in [0.1, 0.15) is 113 Å². The van der Waals surface area contributed by atoms with Gasteiger partial charge in [-0.25, -0.2) is 14.6 Å². The second kappa shape index (κ2) is 14.7. The van der Waals surface area contributed by atoms with Gasteiger partial charge in [0.25, 0.3) is 0 Å². The number of fused-ring (bicyclic) bond motifs is 1. The van der Waals surface area contributed by atoms with Gasteiger partial charge in [-0.1, -0.05) is 77.4 Å². The lowest BCUT2D eigenvalue weighted by molar-refractivity contribution is 0.223. The van der Waals surface area contributed by atoms with Crippen molar-refractivity contribution in [3.63, 3.8) is 0 Å². The first-order chi connectivity index (χ1) is 26.1. The van der Waals surface area contributed by atoms with Crippen molar-refractivity contribution in [2.75, 3.05) is 11.6 Å². The molecule has 4 heterocycles. The van der Waals surface area contributed by atoms with E-state index in [4.69, 9.17) is 19.8 Å². The Labute approximate surface area is 327 Å². The van der Waals surface area contributed by atoms with Crippen LogP contribution in [0.5, 0.6) is 11.5 Å². The maximum atomic E-state index is 6.60. The molecule has 0 N–H and O–H groups in total. The third-order valence-electron chi connectivity index (χ3n) is 10.8. The van der Waals surface area contributed by atoms with Gasteiger partial charge in [0.15, 0.2) is 5.82 Å². The summed E-state index contributed by atoms with van der Waals surface area (Å²) >= 11 is 0. The van der Waals surface area contributed by atoms with Gasteiger partial charge in [0, 0.05) is 47.5 Å². The molecule has 1 aliphatic heterocycles. The number of pyridine rings is 2. The lowest BCUT2D eigenvalue weighted by atomic mass is 9.83. The molecule has 0 bridgehead atoms. The summed E-state index contributed by atoms with van der Waals surface area (Å²) in [6.45, 7) is 27.6. The number of anilines is 1. The predicted molar refractivity (Wildman–Crippen MR) is 229 cm³/mol. The van der Waals surface area contributed by atoms with Crippen LogP contribution in [0.2, 0.25) is 0 Å². The Morgan fingerprint density at radius 3 is 2.02 bits per heavy atom. The molecule has 0 atom stereocenters. The number of ether oxygens (including phenoxy) is 1. The summed E-state index contributed by atoms with van der Waals surface area (Å²) in [7, 11) is 0. The number of aromatic nitrogens is 4. The minimum atomic E-state index is 0.0384. The van der Waals surface area contributed by atoms with Crippen molar-refractivity contribution in [1.82, 2.24) is 24.6 Å². The van der Waals surface area contributed by atoms with Gasteiger partial charge in [-0.3, -0.25) is 0 Å². The molecular weight excluding hydrogens is 677 g/mol. The van der Waals surface area contributed by atoms with E-state index in [-0.39, 0.29) is 17.4 Å². The summed E-state index contributed by atoms with van der Waals surface area (Å²) in [5.41, 5.74) is 14.8. The summed E-state index contributed by atoms with van der Waals surface area (Å²) in [4.78, 5) is 14.6. The van der Waals surface area contributed by atoms with Crippen LogP contribution < -0.4 is 9.64 Å². The number of aryl methyl sites for hydroxylation is 3. The summed E-state index contributed by atoms with van der Waals surface area (Å²) in [5.74, 6) is 3.10. The van der Waals surface area contributed by atoms with Gasteiger partial charge in [0.05, 0.1) is 18.4 Å². The topological polar surface area (TPSA) is 59.3 Å². The minimum absolute atomic E-state index is 0.0384. The van der Waals surface area contributed by atoms with Gasteiger partial charge in [-0.15, -0.1) is 0 Å². The monoisotopic (exact) mass is 732 g/mol. The van der Waals surface area contributed by atoms with Gasteiger partial charge in [-0.2, -0.15) is 5.10 Å². The normalized spacial score (nSPS) is 13.4. The molecule has 0 saturated heterocycles. The smallest absolute Gasteiger partial charge is 0.154 e. The maximum absolute atomic E-state index is 6.60. The zero-order chi connectivity index (χ0) is 39.3. The molecule has 6 aromatic rings. The summed E-state index contributed by atoms with van der Waals surface area (Å²) in [6.07, 6.45) is 8.00. The maximum Gasteiger partial charge on any atom is 0.154 e. The second-order valence-corrected chi connectivity index (χ2v) is 17.2. The van der Waals surface area contributed by atoms with Crippen LogP contribution >= 0.6 is 0 Å². The zero-order valence-electron chi connectivity index (χ0n) is 34.7. The Bertz CT molecular complexity index is 2360. The summed E-state index contributed by atoms with van der Waals surface area (Å²) in [6, 6.07) is 23.8. The van der Waals surface area contributed by atoms with E-state index in [2.05, 4.69) is 160 Å². The molecule has 1 aliphatic rings. The lowest BCUT2D eigenvalue weighted by Crippen LogP contribution is -2.39. The Morgan fingerprint density at radius 1 is 0.709 bits per heavy atom. The fourth-order valence-electron chi connectivity index (χ4n) is 7.82. The van der Waals surface area contributed by atoms with Crippen LogP contribution in [-0.2, 0) is 0 Å². The molecule has 0 spiro atoms. The first-order valence-electron chi connectivity index (χ1n) is 19.7. The van der Waals surface area contributed by atoms with E-state index in [1.165, 1.54) is 38.9 Å². The molecule has 7 nitrogen and oxygen atoms in total. The van der Waals surface area contributed by atoms with E-state index in [0.717, 1.165) is 51.8 Å². The highest BCUT2D eigenvalue weighted by Crippen LogP contribution is 2.42. The number of rotatable bonds is 9. The van der Waals surface area contributed by atoms with Gasteiger partial charge >= 0.3 is 0 Å². The van der Waals surface area contributed by atoms with Crippen LogP contribution in [0.4, 0.5) is 5.69 Å². The molecule has 3 aromatic carbocycles. The van der Waals surface area contributed by atoms with Crippen molar-refractivity contribution in [2.45, 2.75) is 106 Å². The van der Waals surface area contributed by atoms with Crippen molar-refractivity contribution >= 4 is 16.7 Å². The third-order valence-corrected chi connectivity index (χ3v) is 10.8. The van der Waals surface area contributed by atoms with Crippen LogP contribution in [0.3, 0.4) is 0 Å². The number of nitrogens with zero attached hydrogens (tertiary/aromatic N) is 6. The SMILES string of the molecule is Cc1cc(C)c(-c2ccnc(-n3nc(-c4c(C(C)C)cc(C(C)C)cc4C(C)C)c4ncc(Oc5cccc(N6C=CN(C(C)(C)C)C6)c5)cc43)c2)c(C)c1. The molecule has 7 rings (SSSR count). The first-order valence-corrected chi connectivity index (χ1v) is 19.7. The van der Waals surface area contributed by atoms with Crippen molar-refractivity contribution in [1.29, 1.82) is 0 Å². The first kappa shape index (κ1) is 37.9. The molecule has 0 radical (unpaired) electrons. The Hall–Kier alpha value is -5.43. The largest absolute Gasteiger partial charge is 0.456 e. The second-order valence-electron chi connectivity index (χ2n) is 17.2. The van der Waals surface area contributed by atoms with Crippen molar-refractivity contribution in [2.24, 2.45) is 0 Å². The Balaban J connectivity index is 1.39. The van der Waals surface area contributed by atoms with Crippen LogP contribution in [0.25, 0.3) is 39.2 Å². The number of benzene rings is 3. The lowest BCUT2D eigenvalue weighted by Gasteiger charge is -2.33. The van der Waals surface area contributed by atoms with Gasteiger partial charge < -0.3 is 14.5 Å². The van der Waals surface area contributed by atoms with Crippen LogP contribution in [0.15, 0.2) is 91.5 Å². The van der Waals surface area contributed by atoms with E-state index < -0.39 is 0 Å². The molecule has 55 heavy (non-hydrogen) atoms. The van der Waals surface area contributed by atoms with E-state index in [1.807, 2.05) is 29.2 Å². The summed E-state index contributed by atoms with van der Waals surface area (Å²) < 4.78 is 8.56. The quantitative estimate of drug-likeness (QED) is 0.147. The molecular formula is C48H56N6O. The van der Waals surface area contributed by atoms with Crippen LogP contribution in [-0.4, -0.2) is 36.9 Å². The number of hydrogen-bond acceptors (Lipinski definition) is 6. The molecule has 284 valence electrons. The van der Waals surface area contributed by atoms with Gasteiger partial charge in [-0.05, 0) is 123 Å². The Morgan fingerprint density at radius 2 is 1.40 bits per heavy atom. The Kier molecular flexibility index (Phi) is 10.1. The molecule has 0 saturated carbocycles. The average Bonchev–Trinajstić information content (AvgIpc) is 3.77. The summed E-state index contributed by atoms with van der Waals surface area (Å²) in [5, 5.41) is 5.44. The fourth-order valence-corrected chi connectivity index (χ4v) is 7.82. The molecule has 0 amide bonds. The highest BCUT2D eigenvalue weighted by molar-refractivity contribution is 5.94. The fraction of sp³-hybridized carbons (Fsp3) is 0.354. The van der Waals surface area contributed by atoms with E-state index in [1.54, 1.807) is 0 Å². The predicted octanol–water partition coefficient (Wildman–Crippen LogP) is 12.6. The molecule has 3 aromatic heterocycles. The van der Waals surface area contributed by atoms with Crippen LogP contribution in [0, 0.1) is 20.8 Å². The van der Waals surface area contributed by atoms with Crippen molar-refractivity contribution in [3.8, 4) is 39.7 Å². The van der Waals surface area contributed by atoms with Gasteiger partial charge in [0.2, 0.25) is 0 Å². The molecule has 0 fully saturated rings. The van der Waals surface area contributed by atoms with E-state index in [0.29, 0.717) is 11.7 Å². The highest BCUT2D eigenvalue weighted by Gasteiger charge is 2.27. The third kappa shape index (κ3) is 7.49. The highest BCUT2D eigenvalue weighted by atomic mass is 16.5. The van der Waals surface area contributed by atoms with Crippen molar-refractivity contribution in [3.05, 3.63) is 125 Å². The van der Waals surface area contributed by atoms with E-state index >= 15 is 0 Å². The standard InChI is InChI=1S/C48H56N6O/c1-29(2)36-22-40(30(3)4)45(41(23-36)31(5)6)47-46-42(54(51-47)43-24-35(16-17-49-43)44-33(8)20-32(7)21-34(44)9)26-39(27-50-46)55-38-15-13-14-37(25-38)52-18-19-53(28-52)48(10,11)12/h13-27,29-31H,28H2,1-12H3. The molecule has 7 heteroatoms. The number of hydrogen-bond donors (Lipinski definition) is 0. The molecule has 0 unspecified atom stereocenters. The minimum Gasteiger partial charge on any atom is -0.456 e.